The fourth-order valence-electron chi connectivity index (χ4n) is 3.22. The highest BCUT2D eigenvalue weighted by atomic mass is 32.1. The molecule has 3 rings (SSSR count). The minimum Gasteiger partial charge on any atom is -0.316 e. The zero-order valence-electron chi connectivity index (χ0n) is 16.7. The number of thiazole rings is 1. The van der Waals surface area contributed by atoms with Crippen molar-refractivity contribution in [1.82, 2.24) is 4.57 Å². The molecule has 3 aromatic rings. The number of nitro benzene ring substituents is 1. The zero-order chi connectivity index (χ0) is 21.0. The van der Waals surface area contributed by atoms with Gasteiger partial charge in [-0.05, 0) is 31.9 Å². The van der Waals surface area contributed by atoms with Gasteiger partial charge in [-0.1, -0.05) is 55.3 Å². The maximum absolute atomic E-state index is 12.8. The number of amides is 1. The van der Waals surface area contributed by atoms with Crippen LogP contribution in [-0.2, 0) is 13.0 Å². The number of carbonyl (C=O) groups excluding carboxylic acids is 1. The van der Waals surface area contributed by atoms with Crippen molar-refractivity contribution in [2.75, 3.05) is 0 Å². The van der Waals surface area contributed by atoms with E-state index >= 15 is 0 Å². The van der Waals surface area contributed by atoms with E-state index in [0.29, 0.717) is 11.3 Å². The van der Waals surface area contributed by atoms with E-state index in [2.05, 4.69) is 36.2 Å². The zero-order valence-corrected chi connectivity index (χ0v) is 17.5. The standard InChI is InChI=1S/C22H23N3O3S/c1-4-8-19-20(16-13-11-15(3)12-14-16)24(5-2)22(29-19)23-21(26)17-9-6-7-10-18(17)25(27)28/h6-7,9-14H,4-5,8H2,1-3H3. The molecule has 150 valence electrons. The largest absolute Gasteiger partial charge is 0.316 e. The van der Waals surface area contributed by atoms with E-state index in [4.69, 9.17) is 0 Å². The third-order valence-corrected chi connectivity index (χ3v) is 5.76. The van der Waals surface area contributed by atoms with Crippen LogP contribution < -0.4 is 4.80 Å². The third kappa shape index (κ3) is 4.35. The number of para-hydroxylation sites is 1. The highest BCUT2D eigenvalue weighted by Crippen LogP contribution is 2.28. The first-order chi connectivity index (χ1) is 14.0. The predicted octanol–water partition coefficient (Wildman–Crippen LogP) is 5.15. The second-order valence-corrected chi connectivity index (χ2v) is 7.77. The van der Waals surface area contributed by atoms with Crippen LogP contribution in [0.2, 0.25) is 0 Å². The molecule has 0 aliphatic rings. The maximum Gasteiger partial charge on any atom is 0.286 e. The van der Waals surface area contributed by atoms with Crippen LogP contribution in [0.5, 0.6) is 0 Å². The normalized spacial score (nSPS) is 11.6. The van der Waals surface area contributed by atoms with Crippen LogP contribution in [0, 0.1) is 17.0 Å². The Morgan fingerprint density at radius 3 is 2.45 bits per heavy atom. The number of nitrogens with zero attached hydrogens (tertiary/aromatic N) is 3. The average molecular weight is 410 g/mol. The van der Waals surface area contributed by atoms with Crippen LogP contribution in [0.15, 0.2) is 53.5 Å². The molecule has 0 spiro atoms. The Hall–Kier alpha value is -3.06. The van der Waals surface area contributed by atoms with Crippen molar-refractivity contribution in [1.29, 1.82) is 0 Å². The van der Waals surface area contributed by atoms with E-state index in [9.17, 15) is 14.9 Å². The number of aryl methyl sites for hydroxylation is 2. The molecule has 0 atom stereocenters. The molecule has 0 N–H and O–H groups in total. The van der Waals surface area contributed by atoms with E-state index in [0.717, 1.165) is 29.0 Å². The molecule has 1 aromatic heterocycles. The number of hydrogen-bond acceptors (Lipinski definition) is 4. The SMILES string of the molecule is CCCc1sc(=NC(=O)c2ccccc2[N+](=O)[O-])n(CC)c1-c1ccc(C)cc1. The number of hydrogen-bond donors (Lipinski definition) is 0. The van der Waals surface area contributed by atoms with Crippen LogP contribution in [-0.4, -0.2) is 15.4 Å². The maximum atomic E-state index is 12.8. The molecule has 0 saturated carbocycles. The second-order valence-electron chi connectivity index (χ2n) is 6.71. The first kappa shape index (κ1) is 20.7. The van der Waals surface area contributed by atoms with Crippen molar-refractivity contribution in [2.24, 2.45) is 4.99 Å². The Morgan fingerprint density at radius 2 is 1.83 bits per heavy atom. The summed E-state index contributed by atoms with van der Waals surface area (Å²) in [5.41, 5.74) is 3.10. The average Bonchev–Trinajstić information content (AvgIpc) is 3.05. The molecule has 0 aliphatic carbocycles. The molecule has 2 aromatic carbocycles. The summed E-state index contributed by atoms with van der Waals surface area (Å²) >= 11 is 1.48. The van der Waals surface area contributed by atoms with Crippen LogP contribution >= 0.6 is 11.3 Å². The van der Waals surface area contributed by atoms with E-state index in [1.807, 2.05) is 18.4 Å². The molecule has 0 bridgehead atoms. The molecule has 29 heavy (non-hydrogen) atoms. The third-order valence-electron chi connectivity index (χ3n) is 4.63. The van der Waals surface area contributed by atoms with Crippen molar-refractivity contribution in [3.63, 3.8) is 0 Å². The van der Waals surface area contributed by atoms with E-state index in [-0.39, 0.29) is 11.3 Å². The highest BCUT2D eigenvalue weighted by molar-refractivity contribution is 7.09. The molecule has 0 radical (unpaired) electrons. The monoisotopic (exact) mass is 409 g/mol. The molecule has 6 nitrogen and oxygen atoms in total. The number of rotatable bonds is 6. The number of carbonyl (C=O) groups is 1. The summed E-state index contributed by atoms with van der Waals surface area (Å²) in [4.78, 5) is 29.5. The van der Waals surface area contributed by atoms with Gasteiger partial charge in [0.15, 0.2) is 4.80 Å². The first-order valence-electron chi connectivity index (χ1n) is 9.58. The smallest absolute Gasteiger partial charge is 0.286 e. The van der Waals surface area contributed by atoms with E-state index < -0.39 is 10.8 Å². The lowest BCUT2D eigenvalue weighted by Gasteiger charge is -2.09. The molecule has 0 aliphatic heterocycles. The van der Waals surface area contributed by atoms with Crippen molar-refractivity contribution >= 4 is 22.9 Å². The van der Waals surface area contributed by atoms with Gasteiger partial charge in [-0.3, -0.25) is 14.9 Å². The van der Waals surface area contributed by atoms with Gasteiger partial charge in [0.2, 0.25) is 0 Å². The summed E-state index contributed by atoms with van der Waals surface area (Å²) in [7, 11) is 0. The Morgan fingerprint density at radius 1 is 1.14 bits per heavy atom. The Kier molecular flexibility index (Phi) is 6.39. The fourth-order valence-corrected chi connectivity index (χ4v) is 4.53. The second kappa shape index (κ2) is 8.96. The summed E-state index contributed by atoms with van der Waals surface area (Å²) < 4.78 is 2.02. The molecule has 0 saturated heterocycles. The molecule has 1 heterocycles. The molecule has 7 heteroatoms. The Labute approximate surface area is 173 Å². The summed E-state index contributed by atoms with van der Waals surface area (Å²) in [6.07, 6.45) is 1.85. The van der Waals surface area contributed by atoms with Gasteiger partial charge >= 0.3 is 0 Å². The predicted molar refractivity (Wildman–Crippen MR) is 115 cm³/mol. The number of nitro groups is 1. The van der Waals surface area contributed by atoms with Gasteiger partial charge < -0.3 is 4.57 Å². The van der Waals surface area contributed by atoms with Crippen LogP contribution in [0.1, 0.15) is 41.1 Å². The number of benzene rings is 2. The highest BCUT2D eigenvalue weighted by Gasteiger charge is 2.20. The molecular weight excluding hydrogens is 386 g/mol. The van der Waals surface area contributed by atoms with Crippen molar-refractivity contribution in [2.45, 2.75) is 40.2 Å². The lowest BCUT2D eigenvalue weighted by molar-refractivity contribution is -0.385. The summed E-state index contributed by atoms with van der Waals surface area (Å²) in [6, 6.07) is 14.2. The number of aromatic nitrogens is 1. The van der Waals surface area contributed by atoms with Crippen molar-refractivity contribution < 1.29 is 9.72 Å². The van der Waals surface area contributed by atoms with Gasteiger partial charge in [0.25, 0.3) is 11.6 Å². The van der Waals surface area contributed by atoms with Gasteiger partial charge in [-0.25, -0.2) is 0 Å². The minimum atomic E-state index is -0.598. The molecule has 0 unspecified atom stereocenters. The fraction of sp³-hybridized carbons (Fsp3) is 0.273. The minimum absolute atomic E-state index is 0.00230. The van der Waals surface area contributed by atoms with Crippen LogP contribution in [0.25, 0.3) is 11.3 Å². The van der Waals surface area contributed by atoms with Gasteiger partial charge in [0.05, 0.1) is 10.6 Å². The summed E-state index contributed by atoms with van der Waals surface area (Å²) in [5, 5.41) is 11.3. The van der Waals surface area contributed by atoms with Gasteiger partial charge in [0, 0.05) is 17.5 Å². The molecule has 1 amide bonds. The Balaban J connectivity index is 2.17. The quantitative estimate of drug-likeness (QED) is 0.417. The van der Waals surface area contributed by atoms with Gasteiger partial charge in [-0.2, -0.15) is 4.99 Å². The Bertz CT molecular complexity index is 1110. The topological polar surface area (TPSA) is 77.5 Å². The summed E-state index contributed by atoms with van der Waals surface area (Å²) in [5.74, 6) is -0.598. The van der Waals surface area contributed by atoms with Gasteiger partial charge in [0.1, 0.15) is 5.56 Å². The van der Waals surface area contributed by atoms with E-state index in [1.54, 1.807) is 12.1 Å². The molecule has 0 fully saturated rings. The van der Waals surface area contributed by atoms with Crippen molar-refractivity contribution in [3.05, 3.63) is 79.5 Å². The van der Waals surface area contributed by atoms with Crippen LogP contribution in [0.3, 0.4) is 0 Å². The lowest BCUT2D eigenvalue weighted by atomic mass is 10.1. The first-order valence-corrected chi connectivity index (χ1v) is 10.4. The summed E-state index contributed by atoms with van der Waals surface area (Å²) in [6.45, 7) is 6.82. The van der Waals surface area contributed by atoms with Gasteiger partial charge in [-0.15, -0.1) is 11.3 Å². The van der Waals surface area contributed by atoms with E-state index in [1.165, 1.54) is 29.0 Å². The van der Waals surface area contributed by atoms with Crippen LogP contribution in [0.4, 0.5) is 5.69 Å². The van der Waals surface area contributed by atoms with Crippen molar-refractivity contribution in [3.8, 4) is 11.3 Å². The lowest BCUT2D eigenvalue weighted by Crippen LogP contribution is -2.17. The molecular formula is C22H23N3O3S.